The summed E-state index contributed by atoms with van der Waals surface area (Å²) in [6.07, 6.45) is 2.27. The van der Waals surface area contributed by atoms with Crippen molar-refractivity contribution in [1.29, 1.82) is 0 Å². The van der Waals surface area contributed by atoms with Crippen molar-refractivity contribution in [3.63, 3.8) is 0 Å². The number of carbonyl (C=O) groups excluding carboxylic acids is 1. The van der Waals surface area contributed by atoms with E-state index < -0.39 is 5.60 Å². The predicted octanol–water partition coefficient (Wildman–Crippen LogP) is 2.19. The van der Waals surface area contributed by atoms with E-state index in [4.69, 9.17) is 0 Å². The molecule has 3 aliphatic heterocycles. The molecular weight excluding hydrogens is 320 g/mol. The van der Waals surface area contributed by atoms with Crippen LogP contribution in [0.4, 0.5) is 0 Å². The molecule has 4 heterocycles. The quantitative estimate of drug-likeness (QED) is 0.896. The van der Waals surface area contributed by atoms with Crippen LogP contribution in [-0.4, -0.2) is 41.6 Å². The van der Waals surface area contributed by atoms with Crippen LogP contribution in [-0.2, 0) is 10.4 Å². The van der Waals surface area contributed by atoms with Crippen molar-refractivity contribution in [2.24, 2.45) is 5.92 Å². The molecule has 4 nitrogen and oxygen atoms in total. The van der Waals surface area contributed by atoms with Crippen molar-refractivity contribution in [3.8, 4) is 0 Å². The molecule has 1 aromatic carbocycles. The fraction of sp³-hybridized carbons (Fsp3) is 0.421. The Morgan fingerprint density at radius 3 is 2.50 bits per heavy atom. The smallest absolute Gasteiger partial charge is 0.262 e. The molecular formula is C19H22N2O2S. The van der Waals surface area contributed by atoms with Gasteiger partial charge in [-0.3, -0.25) is 4.79 Å². The molecule has 1 amide bonds. The summed E-state index contributed by atoms with van der Waals surface area (Å²) in [6, 6.07) is 13.1. The van der Waals surface area contributed by atoms with Gasteiger partial charge in [-0.15, -0.1) is 11.3 Å². The number of benzene rings is 1. The van der Waals surface area contributed by atoms with E-state index in [9.17, 15) is 9.90 Å². The van der Waals surface area contributed by atoms with Crippen molar-refractivity contribution < 1.29 is 9.90 Å². The van der Waals surface area contributed by atoms with Gasteiger partial charge in [-0.1, -0.05) is 36.4 Å². The van der Waals surface area contributed by atoms with Crippen molar-refractivity contribution >= 4 is 17.2 Å². The van der Waals surface area contributed by atoms with E-state index in [1.165, 1.54) is 11.3 Å². The van der Waals surface area contributed by atoms with E-state index >= 15 is 0 Å². The molecule has 2 atom stereocenters. The summed E-state index contributed by atoms with van der Waals surface area (Å²) in [4.78, 5) is 16.2. The average Bonchev–Trinajstić information content (AvgIpc) is 3.18. The lowest BCUT2D eigenvalue weighted by molar-refractivity contribution is -0.138. The molecule has 2 aromatic rings. The minimum absolute atomic E-state index is 0.134. The summed E-state index contributed by atoms with van der Waals surface area (Å²) in [6.45, 7) is 3.15. The Kier molecular flexibility index (Phi) is 4.16. The summed E-state index contributed by atoms with van der Waals surface area (Å²) < 4.78 is 0. The first-order chi connectivity index (χ1) is 11.7. The third kappa shape index (κ3) is 2.66. The summed E-state index contributed by atoms with van der Waals surface area (Å²) >= 11 is 1.41. The monoisotopic (exact) mass is 342 g/mol. The second kappa shape index (κ2) is 6.31. The van der Waals surface area contributed by atoms with Crippen molar-refractivity contribution in [2.75, 3.05) is 19.6 Å². The van der Waals surface area contributed by atoms with E-state index in [0.29, 0.717) is 16.4 Å². The molecule has 1 aromatic heterocycles. The summed E-state index contributed by atoms with van der Waals surface area (Å²) in [7, 11) is 0. The van der Waals surface area contributed by atoms with E-state index in [-0.39, 0.29) is 11.9 Å². The molecule has 5 heteroatoms. The third-order valence-electron chi connectivity index (χ3n) is 5.37. The number of carbonyl (C=O) groups is 1. The van der Waals surface area contributed by atoms with Crippen molar-refractivity contribution in [3.05, 3.63) is 58.3 Å². The number of nitrogens with zero attached hydrogens (tertiary/aromatic N) is 1. The number of amides is 1. The zero-order valence-electron chi connectivity index (χ0n) is 13.5. The van der Waals surface area contributed by atoms with Crippen LogP contribution in [0.3, 0.4) is 0 Å². The molecule has 0 aliphatic carbocycles. The molecule has 3 saturated heterocycles. The number of aliphatic hydroxyl groups is 1. The zero-order valence-corrected chi connectivity index (χ0v) is 14.3. The van der Waals surface area contributed by atoms with E-state index in [1.54, 1.807) is 0 Å². The Morgan fingerprint density at radius 2 is 1.92 bits per heavy atom. The molecule has 0 saturated carbocycles. The fourth-order valence-corrected chi connectivity index (χ4v) is 4.79. The highest BCUT2D eigenvalue weighted by Gasteiger charge is 2.44. The highest BCUT2D eigenvalue weighted by Crippen LogP contribution is 2.34. The van der Waals surface area contributed by atoms with Crippen LogP contribution < -0.4 is 5.32 Å². The van der Waals surface area contributed by atoms with Crippen LogP contribution in [0.15, 0.2) is 47.8 Å². The summed E-state index contributed by atoms with van der Waals surface area (Å²) in [5, 5.41) is 16.4. The standard InChI is InChI=1S/C19H22N2O2S/c22-18(20-16-13-21-10-8-14(16)9-11-21)19(23,17-7-4-12-24-17)15-5-2-1-3-6-15/h1-7,12,14,16,23H,8-11,13H2,(H,20,22). The van der Waals surface area contributed by atoms with Gasteiger partial charge in [-0.2, -0.15) is 0 Å². The van der Waals surface area contributed by atoms with E-state index in [1.807, 2.05) is 47.8 Å². The molecule has 24 heavy (non-hydrogen) atoms. The number of nitrogens with one attached hydrogen (secondary N) is 1. The van der Waals surface area contributed by atoms with Crippen LogP contribution in [0.1, 0.15) is 23.3 Å². The lowest BCUT2D eigenvalue weighted by atomic mass is 9.83. The molecule has 2 unspecified atom stereocenters. The van der Waals surface area contributed by atoms with Crippen LogP contribution in [0.2, 0.25) is 0 Å². The highest BCUT2D eigenvalue weighted by molar-refractivity contribution is 7.10. The molecule has 0 spiro atoms. The minimum atomic E-state index is -1.62. The number of rotatable bonds is 4. The van der Waals surface area contributed by atoms with Gasteiger partial charge in [0.2, 0.25) is 5.60 Å². The van der Waals surface area contributed by atoms with Gasteiger partial charge in [-0.25, -0.2) is 0 Å². The zero-order chi connectivity index (χ0) is 16.6. The molecule has 2 bridgehead atoms. The van der Waals surface area contributed by atoms with Gasteiger partial charge in [0.15, 0.2) is 0 Å². The SMILES string of the molecule is O=C(NC1CN2CCC1CC2)C(O)(c1ccccc1)c1cccs1. The Balaban J connectivity index is 1.63. The highest BCUT2D eigenvalue weighted by atomic mass is 32.1. The number of hydrogen-bond acceptors (Lipinski definition) is 4. The van der Waals surface area contributed by atoms with Crippen LogP contribution in [0, 0.1) is 5.92 Å². The van der Waals surface area contributed by atoms with Gasteiger partial charge in [0.1, 0.15) is 0 Å². The second-order valence-electron chi connectivity index (χ2n) is 6.77. The molecule has 3 aliphatic rings. The Labute approximate surface area is 146 Å². The first kappa shape index (κ1) is 15.8. The lowest BCUT2D eigenvalue weighted by Gasteiger charge is -2.45. The number of thiophene rings is 1. The predicted molar refractivity (Wildman–Crippen MR) is 94.9 cm³/mol. The van der Waals surface area contributed by atoms with Gasteiger partial charge in [0.25, 0.3) is 5.91 Å². The number of hydrogen-bond donors (Lipinski definition) is 2. The maximum absolute atomic E-state index is 13.1. The fourth-order valence-electron chi connectivity index (χ4n) is 3.95. The minimum Gasteiger partial charge on any atom is -0.371 e. The summed E-state index contributed by atoms with van der Waals surface area (Å²) in [5.74, 6) is 0.220. The van der Waals surface area contributed by atoms with E-state index in [2.05, 4.69) is 10.2 Å². The second-order valence-corrected chi connectivity index (χ2v) is 7.72. The van der Waals surface area contributed by atoms with E-state index in [0.717, 1.165) is 32.5 Å². The van der Waals surface area contributed by atoms with Gasteiger partial charge >= 0.3 is 0 Å². The average molecular weight is 342 g/mol. The maximum Gasteiger partial charge on any atom is 0.262 e. The summed E-state index contributed by atoms with van der Waals surface area (Å²) in [5.41, 5.74) is -1.01. The molecule has 2 N–H and O–H groups in total. The molecule has 0 radical (unpaired) electrons. The van der Waals surface area contributed by atoms with Gasteiger partial charge in [0, 0.05) is 12.6 Å². The van der Waals surface area contributed by atoms with Gasteiger partial charge in [-0.05, 0) is 48.9 Å². The molecule has 126 valence electrons. The van der Waals surface area contributed by atoms with Gasteiger partial charge in [0.05, 0.1) is 4.88 Å². The Morgan fingerprint density at radius 1 is 1.17 bits per heavy atom. The lowest BCUT2D eigenvalue weighted by Crippen LogP contribution is -2.60. The van der Waals surface area contributed by atoms with Gasteiger partial charge < -0.3 is 15.3 Å². The number of piperidine rings is 3. The maximum atomic E-state index is 13.1. The topological polar surface area (TPSA) is 52.6 Å². The largest absolute Gasteiger partial charge is 0.371 e. The number of fused-ring (bicyclic) bond motifs is 3. The normalized spacial score (nSPS) is 28.3. The van der Waals surface area contributed by atoms with Crippen LogP contribution >= 0.6 is 11.3 Å². The van der Waals surface area contributed by atoms with Crippen LogP contribution in [0.25, 0.3) is 0 Å². The Hall–Kier alpha value is -1.69. The van der Waals surface area contributed by atoms with Crippen molar-refractivity contribution in [1.82, 2.24) is 10.2 Å². The first-order valence-corrected chi connectivity index (χ1v) is 9.41. The molecule has 5 rings (SSSR count). The van der Waals surface area contributed by atoms with Crippen LogP contribution in [0.5, 0.6) is 0 Å². The first-order valence-electron chi connectivity index (χ1n) is 8.53. The Bertz CT molecular complexity index is 695. The third-order valence-corrected chi connectivity index (χ3v) is 6.35. The molecule has 3 fully saturated rings. The van der Waals surface area contributed by atoms with Crippen molar-refractivity contribution in [2.45, 2.75) is 24.5 Å².